The molecule has 0 saturated carbocycles. The molecule has 3 heterocycles. The first-order valence-electron chi connectivity index (χ1n) is 8.76. The Kier molecular flexibility index (Phi) is 5.54. The number of aromatic nitrogens is 4. The molecule has 2 aromatic rings. The van der Waals surface area contributed by atoms with E-state index >= 15 is 0 Å². The summed E-state index contributed by atoms with van der Waals surface area (Å²) in [6.45, 7) is 3.82. The van der Waals surface area contributed by atoms with Crippen LogP contribution in [0.25, 0.3) is 5.95 Å². The highest BCUT2D eigenvalue weighted by Crippen LogP contribution is 2.27. The van der Waals surface area contributed by atoms with E-state index in [-0.39, 0.29) is 17.8 Å². The van der Waals surface area contributed by atoms with Gasteiger partial charge in [0.05, 0.1) is 18.3 Å². The molecule has 0 aliphatic carbocycles. The van der Waals surface area contributed by atoms with Crippen LogP contribution in [-0.2, 0) is 4.74 Å². The highest BCUT2D eigenvalue weighted by atomic mass is 19.4. The molecule has 0 bridgehead atoms. The highest BCUT2D eigenvalue weighted by molar-refractivity contribution is 5.53. The van der Waals surface area contributed by atoms with Crippen LogP contribution in [0, 0.1) is 13.8 Å². The van der Waals surface area contributed by atoms with E-state index in [9.17, 15) is 13.2 Å². The average molecular weight is 384 g/mol. The molecule has 2 aromatic heterocycles. The zero-order chi connectivity index (χ0) is 19.6. The van der Waals surface area contributed by atoms with Gasteiger partial charge in [0.25, 0.3) is 5.95 Å². The van der Waals surface area contributed by atoms with Crippen molar-refractivity contribution in [2.24, 2.45) is 0 Å². The van der Waals surface area contributed by atoms with Gasteiger partial charge in [-0.15, -0.1) is 0 Å². The number of methoxy groups -OCH3 is 1. The van der Waals surface area contributed by atoms with E-state index in [0.29, 0.717) is 12.4 Å². The van der Waals surface area contributed by atoms with Gasteiger partial charge >= 0.3 is 6.18 Å². The summed E-state index contributed by atoms with van der Waals surface area (Å²) in [5, 5.41) is 6.71. The smallest absolute Gasteiger partial charge is 0.383 e. The molecule has 0 spiro atoms. The fourth-order valence-corrected chi connectivity index (χ4v) is 3.28. The molecule has 7 nitrogen and oxygen atoms in total. The van der Waals surface area contributed by atoms with Gasteiger partial charge in [0, 0.05) is 25.4 Å². The van der Waals surface area contributed by atoms with Gasteiger partial charge in [-0.3, -0.25) is 0 Å². The standard InChI is InChI=1S/C17H23F3N6O/c1-11-7-12(2)26(24-11)16-22-14(21-10-17(18,19)20)8-15(23-16)25-6-4-5-13(25)9-27-3/h7-8,13H,4-6,9-10H2,1-3H3,(H,21,22,23)/t13-/m1/s1. The summed E-state index contributed by atoms with van der Waals surface area (Å²) in [7, 11) is 1.63. The van der Waals surface area contributed by atoms with Crippen LogP contribution < -0.4 is 10.2 Å². The van der Waals surface area contributed by atoms with Gasteiger partial charge in [-0.05, 0) is 32.8 Å². The van der Waals surface area contributed by atoms with Crippen LogP contribution in [-0.4, -0.2) is 58.8 Å². The van der Waals surface area contributed by atoms with E-state index < -0.39 is 12.7 Å². The van der Waals surface area contributed by atoms with Gasteiger partial charge < -0.3 is 15.0 Å². The minimum absolute atomic E-state index is 0.114. The minimum Gasteiger partial charge on any atom is -0.383 e. The summed E-state index contributed by atoms with van der Waals surface area (Å²) in [4.78, 5) is 10.9. The third-order valence-corrected chi connectivity index (χ3v) is 4.40. The van der Waals surface area contributed by atoms with E-state index in [4.69, 9.17) is 4.74 Å². The van der Waals surface area contributed by atoms with E-state index in [2.05, 4.69) is 25.3 Å². The molecule has 1 N–H and O–H groups in total. The van der Waals surface area contributed by atoms with E-state index in [0.717, 1.165) is 30.8 Å². The lowest BCUT2D eigenvalue weighted by Gasteiger charge is -2.26. The molecular weight excluding hydrogens is 361 g/mol. The Morgan fingerprint density at radius 3 is 2.67 bits per heavy atom. The summed E-state index contributed by atoms with van der Waals surface area (Å²) < 4.78 is 44.7. The van der Waals surface area contributed by atoms with Crippen molar-refractivity contribution in [3.8, 4) is 5.95 Å². The number of ether oxygens (including phenoxy) is 1. The first-order chi connectivity index (χ1) is 12.8. The number of hydrogen-bond donors (Lipinski definition) is 1. The normalized spacial score (nSPS) is 17.6. The SMILES string of the molecule is COC[C@H]1CCCN1c1cc(NCC(F)(F)F)nc(-n2nc(C)cc2C)n1. The lowest BCUT2D eigenvalue weighted by atomic mass is 10.2. The lowest BCUT2D eigenvalue weighted by Crippen LogP contribution is -2.34. The van der Waals surface area contributed by atoms with E-state index in [1.54, 1.807) is 17.9 Å². The molecule has 0 amide bonds. The number of halogens is 3. The Balaban J connectivity index is 1.99. The Morgan fingerprint density at radius 1 is 1.26 bits per heavy atom. The minimum atomic E-state index is -4.34. The average Bonchev–Trinajstić information content (AvgIpc) is 3.18. The number of nitrogens with one attached hydrogen (secondary N) is 1. The third-order valence-electron chi connectivity index (χ3n) is 4.40. The van der Waals surface area contributed by atoms with Crippen LogP contribution in [0.5, 0.6) is 0 Å². The number of aryl methyl sites for hydroxylation is 2. The first kappa shape index (κ1) is 19.4. The van der Waals surface area contributed by atoms with Gasteiger partial charge in [-0.1, -0.05) is 0 Å². The highest BCUT2D eigenvalue weighted by Gasteiger charge is 2.29. The van der Waals surface area contributed by atoms with Crippen LogP contribution in [0.3, 0.4) is 0 Å². The Bertz CT molecular complexity index is 791. The van der Waals surface area contributed by atoms with E-state index in [1.165, 1.54) is 0 Å². The largest absolute Gasteiger partial charge is 0.405 e. The maximum Gasteiger partial charge on any atom is 0.405 e. The molecule has 0 aromatic carbocycles. The monoisotopic (exact) mass is 384 g/mol. The lowest BCUT2D eigenvalue weighted by molar-refractivity contribution is -0.115. The second kappa shape index (κ2) is 7.71. The van der Waals surface area contributed by atoms with E-state index in [1.807, 2.05) is 19.9 Å². The summed E-state index contributed by atoms with van der Waals surface area (Å²) >= 11 is 0. The summed E-state index contributed by atoms with van der Waals surface area (Å²) in [5.41, 5.74) is 1.59. The van der Waals surface area contributed by atoms with Crippen molar-refractivity contribution in [1.29, 1.82) is 0 Å². The van der Waals surface area contributed by atoms with Crippen molar-refractivity contribution >= 4 is 11.6 Å². The van der Waals surface area contributed by atoms with Crippen molar-refractivity contribution in [3.05, 3.63) is 23.5 Å². The molecule has 148 valence electrons. The second-order valence-electron chi connectivity index (χ2n) is 6.66. The maximum absolute atomic E-state index is 12.6. The zero-order valence-electron chi connectivity index (χ0n) is 15.5. The predicted molar refractivity (Wildman–Crippen MR) is 95.4 cm³/mol. The molecular formula is C17H23F3N6O. The quantitative estimate of drug-likeness (QED) is 0.826. The molecule has 1 fully saturated rings. The summed E-state index contributed by atoms with van der Waals surface area (Å²) in [6, 6.07) is 3.55. The number of hydrogen-bond acceptors (Lipinski definition) is 6. The van der Waals surface area contributed by atoms with Gasteiger partial charge in [0.15, 0.2) is 0 Å². The summed E-state index contributed by atoms with van der Waals surface area (Å²) in [6.07, 6.45) is -2.42. The number of anilines is 2. The molecule has 1 aliphatic heterocycles. The molecule has 0 radical (unpaired) electrons. The van der Waals surface area contributed by atoms with Crippen molar-refractivity contribution in [1.82, 2.24) is 19.7 Å². The third kappa shape index (κ3) is 4.68. The Labute approximate surface area is 155 Å². The van der Waals surface area contributed by atoms with Crippen LogP contribution in [0.1, 0.15) is 24.2 Å². The molecule has 1 aliphatic rings. The fourth-order valence-electron chi connectivity index (χ4n) is 3.28. The first-order valence-corrected chi connectivity index (χ1v) is 8.76. The van der Waals surface area contributed by atoms with Gasteiger partial charge in [0.1, 0.15) is 18.2 Å². The van der Waals surface area contributed by atoms with Gasteiger partial charge in [-0.2, -0.15) is 28.2 Å². The second-order valence-corrected chi connectivity index (χ2v) is 6.66. The topological polar surface area (TPSA) is 68.1 Å². The van der Waals surface area contributed by atoms with Gasteiger partial charge in [0.2, 0.25) is 0 Å². The molecule has 10 heteroatoms. The van der Waals surface area contributed by atoms with Crippen LogP contribution in [0.2, 0.25) is 0 Å². The Hall–Kier alpha value is -2.36. The van der Waals surface area contributed by atoms with Crippen molar-refractivity contribution in [3.63, 3.8) is 0 Å². The fraction of sp³-hybridized carbons (Fsp3) is 0.588. The zero-order valence-corrected chi connectivity index (χ0v) is 15.5. The molecule has 1 saturated heterocycles. The summed E-state index contributed by atoms with van der Waals surface area (Å²) in [5.74, 6) is 0.922. The molecule has 3 rings (SSSR count). The molecule has 1 atom stereocenters. The van der Waals surface area contributed by atoms with Crippen molar-refractivity contribution in [2.75, 3.05) is 37.0 Å². The Morgan fingerprint density at radius 2 is 2.04 bits per heavy atom. The maximum atomic E-state index is 12.6. The number of rotatable bonds is 6. The van der Waals surface area contributed by atoms with Crippen LogP contribution in [0.15, 0.2) is 12.1 Å². The predicted octanol–water partition coefficient (Wildman–Crippen LogP) is 2.87. The number of nitrogens with zero attached hydrogens (tertiary/aromatic N) is 5. The van der Waals surface area contributed by atoms with Crippen LogP contribution >= 0.6 is 0 Å². The van der Waals surface area contributed by atoms with Crippen molar-refractivity contribution in [2.45, 2.75) is 38.9 Å². The van der Waals surface area contributed by atoms with Crippen LogP contribution in [0.4, 0.5) is 24.8 Å². The molecule has 27 heavy (non-hydrogen) atoms. The van der Waals surface area contributed by atoms with Gasteiger partial charge in [-0.25, -0.2) is 4.68 Å². The molecule has 0 unspecified atom stereocenters. The van der Waals surface area contributed by atoms with Crippen molar-refractivity contribution < 1.29 is 17.9 Å². The number of alkyl halides is 3.